The van der Waals surface area contributed by atoms with Gasteiger partial charge in [-0.1, -0.05) is 97.1 Å². The van der Waals surface area contributed by atoms with E-state index in [2.05, 4.69) is 125 Å². The zero-order chi connectivity index (χ0) is 26.5. The van der Waals surface area contributed by atoms with Gasteiger partial charge in [-0.3, -0.25) is 9.97 Å². The maximum Gasteiger partial charge on any atom is 0.0701 e. The first-order valence-electron chi connectivity index (χ1n) is 13.6. The molecular formula is C38H24N2. The van der Waals surface area contributed by atoms with Crippen molar-refractivity contribution in [3.05, 3.63) is 146 Å². The molecule has 0 aliphatic carbocycles. The van der Waals surface area contributed by atoms with Crippen molar-refractivity contribution in [1.82, 2.24) is 9.97 Å². The summed E-state index contributed by atoms with van der Waals surface area (Å²) >= 11 is 0. The van der Waals surface area contributed by atoms with Gasteiger partial charge in [-0.05, 0) is 96.0 Å². The van der Waals surface area contributed by atoms with E-state index in [0.29, 0.717) is 0 Å². The van der Waals surface area contributed by atoms with E-state index in [-0.39, 0.29) is 0 Å². The smallest absolute Gasteiger partial charge is 0.0701 e. The van der Waals surface area contributed by atoms with Crippen LogP contribution >= 0.6 is 0 Å². The van der Waals surface area contributed by atoms with E-state index in [1.54, 1.807) is 0 Å². The summed E-state index contributed by atoms with van der Waals surface area (Å²) in [6, 6.07) is 45.9. The topological polar surface area (TPSA) is 25.8 Å². The van der Waals surface area contributed by atoms with Crippen molar-refractivity contribution >= 4 is 32.3 Å². The number of nitrogens with zero attached hydrogens (tertiary/aromatic N) is 2. The first kappa shape index (κ1) is 22.6. The highest BCUT2D eigenvalue weighted by Gasteiger charge is 2.15. The fraction of sp³-hybridized carbons (Fsp3) is 0. The second-order valence-electron chi connectivity index (χ2n) is 10.3. The van der Waals surface area contributed by atoms with E-state index >= 15 is 0 Å². The number of benzene rings is 6. The molecule has 2 heterocycles. The van der Waals surface area contributed by atoms with Gasteiger partial charge in [-0.2, -0.15) is 0 Å². The highest BCUT2D eigenvalue weighted by atomic mass is 14.7. The van der Waals surface area contributed by atoms with Crippen LogP contribution in [0.2, 0.25) is 0 Å². The standard InChI is InChI=1S/C38H24N2/c1-2-21-40-36(6-1)27-9-7-26(8-10-27)32-15-13-28-11-12-29-14-16-33(35-18-17-34(32)37(28)38(29)35)31-5-3-4-30(24-31)25-19-22-39-23-20-25/h1-24H. The maximum absolute atomic E-state index is 4.51. The third-order valence-corrected chi connectivity index (χ3v) is 8.01. The van der Waals surface area contributed by atoms with Crippen LogP contribution in [0.4, 0.5) is 0 Å². The number of aromatic nitrogens is 2. The number of hydrogen-bond donors (Lipinski definition) is 0. The minimum atomic E-state index is 0.991. The summed E-state index contributed by atoms with van der Waals surface area (Å²) in [5, 5.41) is 7.76. The summed E-state index contributed by atoms with van der Waals surface area (Å²) in [4.78, 5) is 8.69. The van der Waals surface area contributed by atoms with Crippen molar-refractivity contribution in [1.29, 1.82) is 0 Å². The summed E-state index contributed by atoms with van der Waals surface area (Å²) in [6.45, 7) is 0. The van der Waals surface area contributed by atoms with Gasteiger partial charge in [0.2, 0.25) is 0 Å². The average molecular weight is 509 g/mol. The summed E-state index contributed by atoms with van der Waals surface area (Å²) in [5.41, 5.74) is 9.42. The lowest BCUT2D eigenvalue weighted by Crippen LogP contribution is -1.90. The molecule has 0 atom stereocenters. The molecule has 0 saturated carbocycles. The lowest BCUT2D eigenvalue weighted by atomic mass is 9.86. The molecule has 0 fully saturated rings. The van der Waals surface area contributed by atoms with Gasteiger partial charge >= 0.3 is 0 Å². The van der Waals surface area contributed by atoms with Crippen molar-refractivity contribution in [2.45, 2.75) is 0 Å². The predicted octanol–water partition coefficient (Wildman–Crippen LogP) is 10.0. The number of pyridine rings is 2. The van der Waals surface area contributed by atoms with E-state index in [1.807, 2.05) is 30.7 Å². The molecule has 8 rings (SSSR count). The van der Waals surface area contributed by atoms with Gasteiger partial charge in [0.1, 0.15) is 0 Å². The highest BCUT2D eigenvalue weighted by Crippen LogP contribution is 2.42. The second-order valence-corrected chi connectivity index (χ2v) is 10.3. The fourth-order valence-electron chi connectivity index (χ4n) is 6.07. The molecule has 0 unspecified atom stereocenters. The average Bonchev–Trinajstić information content (AvgIpc) is 3.04. The molecule has 40 heavy (non-hydrogen) atoms. The van der Waals surface area contributed by atoms with Crippen molar-refractivity contribution in [2.24, 2.45) is 0 Å². The third-order valence-electron chi connectivity index (χ3n) is 8.01. The summed E-state index contributed by atoms with van der Waals surface area (Å²) in [5.74, 6) is 0. The Morgan fingerprint density at radius 2 is 1.00 bits per heavy atom. The van der Waals surface area contributed by atoms with Gasteiger partial charge in [0.05, 0.1) is 5.69 Å². The summed E-state index contributed by atoms with van der Waals surface area (Å²) in [7, 11) is 0. The Morgan fingerprint density at radius 3 is 1.68 bits per heavy atom. The molecule has 2 heteroatoms. The second kappa shape index (κ2) is 9.14. The van der Waals surface area contributed by atoms with E-state index in [9.17, 15) is 0 Å². The van der Waals surface area contributed by atoms with Crippen LogP contribution in [-0.4, -0.2) is 9.97 Å². The Kier molecular flexibility index (Phi) is 5.17. The molecule has 0 aliphatic rings. The molecule has 0 bridgehead atoms. The Labute approximate surface area is 232 Å². The van der Waals surface area contributed by atoms with Crippen LogP contribution in [0.5, 0.6) is 0 Å². The van der Waals surface area contributed by atoms with E-state index in [1.165, 1.54) is 65.7 Å². The largest absolute Gasteiger partial charge is 0.265 e. The van der Waals surface area contributed by atoms with Crippen LogP contribution in [0.1, 0.15) is 0 Å². The molecule has 0 saturated heterocycles. The van der Waals surface area contributed by atoms with Crippen molar-refractivity contribution in [3.8, 4) is 44.6 Å². The van der Waals surface area contributed by atoms with Crippen LogP contribution in [0.3, 0.4) is 0 Å². The molecule has 0 aliphatic heterocycles. The fourth-order valence-corrected chi connectivity index (χ4v) is 6.07. The lowest BCUT2D eigenvalue weighted by molar-refractivity contribution is 1.33. The van der Waals surface area contributed by atoms with E-state index < -0.39 is 0 Å². The van der Waals surface area contributed by atoms with Gasteiger partial charge in [0.15, 0.2) is 0 Å². The molecule has 6 aromatic carbocycles. The Morgan fingerprint density at radius 1 is 0.375 bits per heavy atom. The molecule has 0 amide bonds. The number of rotatable bonds is 4. The first-order chi connectivity index (χ1) is 19.8. The van der Waals surface area contributed by atoms with Gasteiger partial charge in [0.25, 0.3) is 0 Å². The number of hydrogen-bond acceptors (Lipinski definition) is 2. The van der Waals surface area contributed by atoms with Crippen LogP contribution in [0, 0.1) is 0 Å². The van der Waals surface area contributed by atoms with Crippen LogP contribution in [0.25, 0.3) is 77.0 Å². The maximum atomic E-state index is 4.51. The first-order valence-corrected chi connectivity index (χ1v) is 13.6. The van der Waals surface area contributed by atoms with E-state index in [4.69, 9.17) is 0 Å². The monoisotopic (exact) mass is 508 g/mol. The molecule has 0 radical (unpaired) electrons. The molecule has 8 aromatic rings. The van der Waals surface area contributed by atoms with E-state index in [0.717, 1.165) is 11.3 Å². The van der Waals surface area contributed by atoms with Gasteiger partial charge in [-0.15, -0.1) is 0 Å². The van der Waals surface area contributed by atoms with Gasteiger partial charge in [-0.25, -0.2) is 0 Å². The third kappa shape index (κ3) is 3.65. The zero-order valence-corrected chi connectivity index (χ0v) is 21.8. The van der Waals surface area contributed by atoms with Gasteiger partial charge in [0, 0.05) is 24.2 Å². The predicted molar refractivity (Wildman–Crippen MR) is 167 cm³/mol. The van der Waals surface area contributed by atoms with Crippen LogP contribution in [0.15, 0.2) is 146 Å². The van der Waals surface area contributed by atoms with Gasteiger partial charge < -0.3 is 0 Å². The Bertz CT molecular complexity index is 2130. The van der Waals surface area contributed by atoms with Crippen molar-refractivity contribution in [3.63, 3.8) is 0 Å². The lowest BCUT2D eigenvalue weighted by Gasteiger charge is -2.17. The quantitative estimate of drug-likeness (QED) is 0.221. The SMILES string of the molecule is c1ccc(-c2ccc(-c3ccc4ccc5ccc(-c6cccc(-c7ccncc7)c6)c6ccc3c4c56)cc2)nc1. The molecule has 0 spiro atoms. The Balaban J connectivity index is 1.30. The summed E-state index contributed by atoms with van der Waals surface area (Å²) < 4.78 is 0. The minimum absolute atomic E-state index is 0.991. The highest BCUT2D eigenvalue weighted by molar-refractivity contribution is 6.27. The molecular weight excluding hydrogens is 484 g/mol. The molecule has 0 N–H and O–H groups in total. The van der Waals surface area contributed by atoms with Crippen LogP contribution in [-0.2, 0) is 0 Å². The molecule has 2 aromatic heterocycles. The summed E-state index contributed by atoms with van der Waals surface area (Å²) in [6.07, 6.45) is 5.54. The molecule has 2 nitrogen and oxygen atoms in total. The minimum Gasteiger partial charge on any atom is -0.265 e. The zero-order valence-electron chi connectivity index (χ0n) is 21.8. The normalized spacial score (nSPS) is 11.5. The molecule has 186 valence electrons. The van der Waals surface area contributed by atoms with Crippen molar-refractivity contribution < 1.29 is 0 Å². The Hall–Kier alpha value is -5.34. The van der Waals surface area contributed by atoms with Crippen LogP contribution < -0.4 is 0 Å². The van der Waals surface area contributed by atoms with Crippen molar-refractivity contribution in [2.75, 3.05) is 0 Å².